The molecule has 0 heterocycles. The molecule has 0 unspecified atom stereocenters. The Bertz CT molecular complexity index is 654. The maximum Gasteiger partial charge on any atom is 0.399 e. The van der Waals surface area contributed by atoms with Crippen LogP contribution >= 0.6 is 0 Å². The van der Waals surface area contributed by atoms with E-state index in [4.69, 9.17) is 18.6 Å². The van der Waals surface area contributed by atoms with Crippen LogP contribution in [-0.4, -0.2) is 43.8 Å². The number of hydrogen-bond acceptors (Lipinski definition) is 6. The van der Waals surface area contributed by atoms with Crippen LogP contribution in [0.2, 0.25) is 0 Å². The molecule has 8 nitrogen and oxygen atoms in total. The number of unbranched alkanes of at least 4 members (excludes halogenated alkanes) is 22. The van der Waals surface area contributed by atoms with Crippen LogP contribution in [0.5, 0.6) is 0 Å². The Hall–Kier alpha value is -1.45. The Balaban J connectivity index is 0. The number of aliphatic carboxylic acids is 2. The van der Waals surface area contributed by atoms with Gasteiger partial charge in [0.1, 0.15) is 0 Å². The first kappa shape index (κ1) is 41.7. The molecule has 0 aromatic rings. The smallest absolute Gasteiger partial charge is 0.399 e. The van der Waals surface area contributed by atoms with Crippen LogP contribution in [0.15, 0.2) is 12.2 Å². The highest BCUT2D eigenvalue weighted by Gasteiger charge is 2.11. The second kappa shape index (κ2) is 33.1. The van der Waals surface area contributed by atoms with E-state index < -0.39 is 22.3 Å². The normalized spacial score (nSPS) is 11.5. The lowest BCUT2D eigenvalue weighted by Gasteiger charge is -2.06. The zero-order chi connectivity index (χ0) is 30.9. The van der Waals surface area contributed by atoms with E-state index in [0.717, 1.165) is 25.7 Å². The van der Waals surface area contributed by atoms with E-state index in [1.165, 1.54) is 128 Å². The van der Waals surface area contributed by atoms with Gasteiger partial charge in [-0.05, 0) is 12.8 Å². The van der Waals surface area contributed by atoms with Crippen molar-refractivity contribution in [3.05, 3.63) is 12.2 Å². The van der Waals surface area contributed by atoms with E-state index in [1.54, 1.807) is 0 Å². The van der Waals surface area contributed by atoms with Gasteiger partial charge in [-0.3, -0.25) is 0 Å². The minimum absolute atomic E-state index is 0.248. The molecule has 0 aliphatic carbocycles. The second-order valence-corrected chi connectivity index (χ2v) is 12.1. The summed E-state index contributed by atoms with van der Waals surface area (Å²) < 4.78 is 33.5. The molecule has 0 saturated heterocycles. The van der Waals surface area contributed by atoms with Gasteiger partial charge in [-0.25, -0.2) is 18.0 Å². The summed E-state index contributed by atoms with van der Waals surface area (Å²) in [4.78, 5) is 19.1. The molecule has 0 atom stereocenters. The van der Waals surface area contributed by atoms with Crippen molar-refractivity contribution in [2.75, 3.05) is 13.2 Å². The number of rotatable bonds is 30. The third-order valence-corrected chi connectivity index (χ3v) is 7.73. The maximum absolute atomic E-state index is 11.8. The van der Waals surface area contributed by atoms with E-state index in [0.29, 0.717) is 12.2 Å². The Labute approximate surface area is 252 Å². The van der Waals surface area contributed by atoms with Crippen molar-refractivity contribution < 1.29 is 36.6 Å². The lowest BCUT2D eigenvalue weighted by Crippen LogP contribution is -2.12. The van der Waals surface area contributed by atoms with Crippen LogP contribution in [0.25, 0.3) is 0 Å². The topological polar surface area (TPSA) is 127 Å². The lowest BCUT2D eigenvalue weighted by molar-refractivity contribution is -0.134. The van der Waals surface area contributed by atoms with Gasteiger partial charge in [0.15, 0.2) is 0 Å². The van der Waals surface area contributed by atoms with E-state index in [9.17, 15) is 18.0 Å². The van der Waals surface area contributed by atoms with Gasteiger partial charge in [0, 0.05) is 12.2 Å². The zero-order valence-electron chi connectivity index (χ0n) is 26.3. The summed E-state index contributed by atoms with van der Waals surface area (Å²) in [6, 6.07) is 0. The molecule has 0 fully saturated rings. The predicted molar refractivity (Wildman–Crippen MR) is 167 cm³/mol. The molecule has 0 rings (SSSR count). The van der Waals surface area contributed by atoms with Crippen molar-refractivity contribution in [2.24, 2.45) is 0 Å². The molecule has 0 amide bonds. The van der Waals surface area contributed by atoms with Gasteiger partial charge in [0.25, 0.3) is 0 Å². The molecule has 0 aromatic carbocycles. The van der Waals surface area contributed by atoms with Gasteiger partial charge in [0.05, 0.1) is 13.2 Å². The van der Waals surface area contributed by atoms with E-state index in [1.807, 2.05) is 0 Å². The lowest BCUT2D eigenvalue weighted by atomic mass is 10.1. The summed E-state index contributed by atoms with van der Waals surface area (Å²) >= 11 is 0. The Morgan fingerprint density at radius 1 is 0.463 bits per heavy atom. The van der Waals surface area contributed by atoms with Gasteiger partial charge in [0.2, 0.25) is 0 Å². The Morgan fingerprint density at radius 3 is 0.902 bits per heavy atom. The fraction of sp³-hybridized carbons (Fsp3) is 0.875. The van der Waals surface area contributed by atoms with Crippen molar-refractivity contribution in [3.8, 4) is 0 Å². The standard InChI is InChI=1S/C28H58O4S.C4H4O4/c1-3-5-7-9-11-13-15-17-19-21-23-25-27-31-33(29,30)32-28-26-24-22-20-18-16-14-12-10-8-6-4-2;5-3(6)1-2-4(7)8/h3-28H2,1-2H3;1-2H,(H,5,6)(H,7,8)/b;2-1-. The largest absolute Gasteiger partial charge is 0.478 e. The monoisotopic (exact) mass is 606 g/mol. The molecule has 0 aromatic heterocycles. The number of carboxylic acid groups (broad SMARTS) is 2. The second-order valence-electron chi connectivity index (χ2n) is 10.8. The summed E-state index contributed by atoms with van der Waals surface area (Å²) in [5.74, 6) is -2.51. The maximum atomic E-state index is 11.8. The van der Waals surface area contributed by atoms with Crippen LogP contribution in [0.4, 0.5) is 0 Å². The van der Waals surface area contributed by atoms with Crippen LogP contribution in [0, 0.1) is 0 Å². The summed E-state index contributed by atoms with van der Waals surface area (Å²) in [6.07, 6.45) is 31.3. The van der Waals surface area contributed by atoms with E-state index in [2.05, 4.69) is 13.8 Å². The van der Waals surface area contributed by atoms with Crippen molar-refractivity contribution in [1.29, 1.82) is 0 Å². The summed E-state index contributed by atoms with van der Waals surface area (Å²) in [7, 11) is -3.81. The Kier molecular flexibility index (Phi) is 33.6. The third-order valence-electron chi connectivity index (χ3n) is 6.82. The van der Waals surface area contributed by atoms with Gasteiger partial charge >= 0.3 is 22.3 Å². The van der Waals surface area contributed by atoms with Crippen molar-refractivity contribution >= 4 is 22.3 Å². The SMILES string of the molecule is CCCCCCCCCCCCCCOS(=O)(=O)OCCCCCCCCCCCCCC.O=C(O)/C=C\C(=O)O. The summed E-state index contributed by atoms with van der Waals surface area (Å²) in [5.41, 5.74) is 0. The molecular weight excluding hydrogens is 544 g/mol. The fourth-order valence-corrected chi connectivity index (χ4v) is 5.10. The molecule has 0 aliphatic heterocycles. The predicted octanol–water partition coefficient (Wildman–Crippen LogP) is 9.38. The van der Waals surface area contributed by atoms with Crippen LogP contribution in [-0.2, 0) is 28.4 Å². The Morgan fingerprint density at radius 2 is 0.683 bits per heavy atom. The summed E-state index contributed by atoms with van der Waals surface area (Å²) in [5, 5.41) is 15.6. The highest BCUT2D eigenvalue weighted by Crippen LogP contribution is 2.14. The van der Waals surface area contributed by atoms with E-state index >= 15 is 0 Å². The minimum Gasteiger partial charge on any atom is -0.478 e. The molecule has 0 radical (unpaired) electrons. The molecular formula is C32H62O8S. The van der Waals surface area contributed by atoms with Gasteiger partial charge < -0.3 is 10.2 Å². The first-order valence-corrected chi connectivity index (χ1v) is 17.8. The first-order valence-electron chi connectivity index (χ1n) is 16.4. The van der Waals surface area contributed by atoms with Gasteiger partial charge in [-0.1, -0.05) is 155 Å². The average molecular weight is 607 g/mol. The molecule has 2 N–H and O–H groups in total. The quantitative estimate of drug-likeness (QED) is 0.0611. The van der Waals surface area contributed by atoms with Gasteiger partial charge in [-0.15, -0.1) is 0 Å². The molecule has 9 heteroatoms. The average Bonchev–Trinajstić information content (AvgIpc) is 2.93. The van der Waals surface area contributed by atoms with Crippen molar-refractivity contribution in [2.45, 2.75) is 168 Å². The molecule has 0 saturated carbocycles. The van der Waals surface area contributed by atoms with E-state index in [-0.39, 0.29) is 13.2 Å². The fourth-order valence-electron chi connectivity index (χ4n) is 4.38. The van der Waals surface area contributed by atoms with Crippen LogP contribution < -0.4 is 0 Å². The number of carboxylic acids is 2. The van der Waals surface area contributed by atoms with Crippen LogP contribution in [0.3, 0.4) is 0 Å². The first-order chi connectivity index (χ1) is 19.7. The molecule has 0 aliphatic rings. The number of carbonyl (C=O) groups is 2. The number of hydrogen-bond donors (Lipinski definition) is 2. The third kappa shape index (κ3) is 40.7. The summed E-state index contributed by atoms with van der Waals surface area (Å²) in [6.45, 7) is 5.01. The highest BCUT2D eigenvalue weighted by molar-refractivity contribution is 7.81. The minimum atomic E-state index is -3.81. The van der Waals surface area contributed by atoms with Gasteiger partial charge in [-0.2, -0.15) is 8.42 Å². The molecule has 244 valence electrons. The highest BCUT2D eigenvalue weighted by atomic mass is 32.3. The molecule has 0 spiro atoms. The molecule has 0 bridgehead atoms. The van der Waals surface area contributed by atoms with Crippen molar-refractivity contribution in [1.82, 2.24) is 0 Å². The van der Waals surface area contributed by atoms with Crippen molar-refractivity contribution in [3.63, 3.8) is 0 Å². The van der Waals surface area contributed by atoms with Crippen LogP contribution in [0.1, 0.15) is 168 Å². The zero-order valence-corrected chi connectivity index (χ0v) is 27.1. The molecule has 41 heavy (non-hydrogen) atoms.